The largest absolute Gasteiger partial charge is 0.467 e. The molecule has 1 aliphatic heterocycles. The Morgan fingerprint density at radius 3 is 2.94 bits per heavy atom. The Bertz CT molecular complexity index is 278. The van der Waals surface area contributed by atoms with Gasteiger partial charge in [0.2, 0.25) is 5.91 Å². The number of hydrogen-bond donors (Lipinski definition) is 2. The summed E-state index contributed by atoms with van der Waals surface area (Å²) in [4.78, 5) is 24.2. The molecule has 0 saturated carbocycles. The molecule has 1 fully saturated rings. The van der Waals surface area contributed by atoms with Crippen LogP contribution in [0.5, 0.6) is 0 Å². The summed E-state index contributed by atoms with van der Waals surface area (Å²) in [5, 5.41) is 12.6. The summed E-state index contributed by atoms with van der Waals surface area (Å²) < 4.78 is 4.51. The zero-order chi connectivity index (χ0) is 12.2. The van der Waals surface area contributed by atoms with E-state index >= 15 is 0 Å². The van der Waals surface area contributed by atoms with Gasteiger partial charge in [0.05, 0.1) is 7.11 Å². The number of ether oxygens (including phenoxy) is 1. The highest BCUT2D eigenvalue weighted by Gasteiger charge is 2.34. The summed E-state index contributed by atoms with van der Waals surface area (Å²) in [6.45, 7) is 3.29. The second-order valence-electron chi connectivity index (χ2n) is 4.14. The fraction of sp³-hybridized carbons (Fsp3) is 0.800. The normalized spacial score (nSPS) is 21.8. The van der Waals surface area contributed by atoms with Gasteiger partial charge in [-0.1, -0.05) is 0 Å². The molecule has 1 amide bonds. The van der Waals surface area contributed by atoms with E-state index in [9.17, 15) is 14.7 Å². The predicted octanol–water partition coefficient (Wildman–Crippen LogP) is -1.27. The van der Waals surface area contributed by atoms with Gasteiger partial charge < -0.3 is 15.2 Å². The molecule has 6 heteroatoms. The number of carbonyl (C=O) groups excluding carboxylic acids is 2. The predicted molar refractivity (Wildman–Crippen MR) is 56.7 cm³/mol. The minimum absolute atomic E-state index is 0.000195. The molecule has 0 bridgehead atoms. The summed E-state index contributed by atoms with van der Waals surface area (Å²) in [5.74, 6) is -0.656. The lowest BCUT2D eigenvalue weighted by Gasteiger charge is -2.28. The number of rotatable bonds is 3. The van der Waals surface area contributed by atoms with Crippen LogP contribution in [0.3, 0.4) is 0 Å². The monoisotopic (exact) mass is 230 g/mol. The summed E-state index contributed by atoms with van der Waals surface area (Å²) in [6, 6.07) is 0. The van der Waals surface area contributed by atoms with Gasteiger partial charge in [0.25, 0.3) is 0 Å². The molecule has 1 atom stereocenters. The number of aliphatic hydroxyl groups is 1. The Morgan fingerprint density at radius 2 is 2.31 bits per heavy atom. The second-order valence-corrected chi connectivity index (χ2v) is 4.14. The quantitative estimate of drug-likeness (QED) is 0.591. The SMILES string of the molecule is COC(=O)C(C)(O)CN1CCNC(=O)CC1. The van der Waals surface area contributed by atoms with E-state index in [1.54, 1.807) is 0 Å². The third kappa shape index (κ3) is 3.46. The number of hydrogen-bond acceptors (Lipinski definition) is 5. The molecule has 1 heterocycles. The molecule has 6 nitrogen and oxygen atoms in total. The number of carbonyl (C=O) groups is 2. The van der Waals surface area contributed by atoms with Crippen LogP contribution < -0.4 is 5.32 Å². The number of amides is 1. The first-order valence-corrected chi connectivity index (χ1v) is 5.25. The lowest BCUT2D eigenvalue weighted by Crippen LogP contribution is -2.48. The summed E-state index contributed by atoms with van der Waals surface area (Å²) in [6.07, 6.45) is 0.386. The topological polar surface area (TPSA) is 78.9 Å². The van der Waals surface area contributed by atoms with Gasteiger partial charge in [-0.25, -0.2) is 4.79 Å². The van der Waals surface area contributed by atoms with Gasteiger partial charge in [0.15, 0.2) is 5.60 Å². The number of nitrogens with zero attached hydrogens (tertiary/aromatic N) is 1. The maximum Gasteiger partial charge on any atom is 0.338 e. The Hall–Kier alpha value is -1.14. The van der Waals surface area contributed by atoms with Crippen LogP contribution in [-0.2, 0) is 14.3 Å². The lowest BCUT2D eigenvalue weighted by molar-refractivity contribution is -0.162. The molecule has 1 unspecified atom stereocenters. The van der Waals surface area contributed by atoms with Gasteiger partial charge in [0, 0.05) is 32.6 Å². The van der Waals surface area contributed by atoms with Gasteiger partial charge in [-0.05, 0) is 6.92 Å². The molecule has 0 aromatic heterocycles. The van der Waals surface area contributed by atoms with Crippen molar-refractivity contribution in [2.45, 2.75) is 18.9 Å². The van der Waals surface area contributed by atoms with Gasteiger partial charge in [-0.3, -0.25) is 9.69 Å². The summed E-state index contributed by atoms with van der Waals surface area (Å²) in [7, 11) is 1.24. The Morgan fingerprint density at radius 1 is 1.62 bits per heavy atom. The van der Waals surface area contributed by atoms with E-state index in [4.69, 9.17) is 0 Å². The molecule has 16 heavy (non-hydrogen) atoms. The highest BCUT2D eigenvalue weighted by molar-refractivity contribution is 5.79. The van der Waals surface area contributed by atoms with Crippen molar-refractivity contribution in [2.24, 2.45) is 0 Å². The molecule has 1 rings (SSSR count). The molecular formula is C10H18N2O4. The van der Waals surface area contributed by atoms with Crippen LogP contribution in [0, 0.1) is 0 Å². The number of methoxy groups -OCH3 is 1. The maximum absolute atomic E-state index is 11.3. The zero-order valence-corrected chi connectivity index (χ0v) is 9.65. The van der Waals surface area contributed by atoms with Crippen molar-refractivity contribution in [1.82, 2.24) is 10.2 Å². The van der Waals surface area contributed by atoms with Crippen LogP contribution in [0.25, 0.3) is 0 Å². The summed E-state index contributed by atoms with van der Waals surface area (Å²) in [5.41, 5.74) is -1.53. The number of β-amino-alcohol motifs (C(OH)–C–C–N with tert-alkyl or cyclic N) is 1. The molecule has 0 spiro atoms. The van der Waals surface area contributed by atoms with E-state index in [0.29, 0.717) is 26.1 Å². The van der Waals surface area contributed by atoms with Crippen LogP contribution in [0.4, 0.5) is 0 Å². The molecule has 92 valence electrons. The lowest BCUT2D eigenvalue weighted by atomic mass is 10.1. The Kier molecular flexibility index (Phi) is 4.26. The second kappa shape index (κ2) is 5.27. The first kappa shape index (κ1) is 12.9. The molecule has 2 N–H and O–H groups in total. The molecule has 0 aliphatic carbocycles. The minimum atomic E-state index is -1.53. The Balaban J connectivity index is 2.52. The third-order valence-corrected chi connectivity index (χ3v) is 2.56. The van der Waals surface area contributed by atoms with Crippen LogP contribution in [0.2, 0.25) is 0 Å². The van der Waals surface area contributed by atoms with Crippen molar-refractivity contribution in [3.05, 3.63) is 0 Å². The zero-order valence-electron chi connectivity index (χ0n) is 9.65. The van der Waals surface area contributed by atoms with Gasteiger partial charge in [-0.15, -0.1) is 0 Å². The van der Waals surface area contributed by atoms with E-state index in [1.807, 2.05) is 4.90 Å². The third-order valence-electron chi connectivity index (χ3n) is 2.56. The van der Waals surface area contributed by atoms with Crippen LogP contribution in [-0.4, -0.2) is 60.8 Å². The average Bonchev–Trinajstić information content (AvgIpc) is 2.42. The summed E-state index contributed by atoms with van der Waals surface area (Å²) >= 11 is 0. The van der Waals surface area contributed by atoms with E-state index in [2.05, 4.69) is 10.1 Å². The van der Waals surface area contributed by atoms with Crippen molar-refractivity contribution in [3.63, 3.8) is 0 Å². The number of nitrogens with one attached hydrogen (secondary N) is 1. The molecule has 0 aromatic carbocycles. The highest BCUT2D eigenvalue weighted by atomic mass is 16.5. The van der Waals surface area contributed by atoms with Crippen molar-refractivity contribution in [1.29, 1.82) is 0 Å². The maximum atomic E-state index is 11.3. The first-order chi connectivity index (χ1) is 7.45. The smallest absolute Gasteiger partial charge is 0.338 e. The highest BCUT2D eigenvalue weighted by Crippen LogP contribution is 2.09. The van der Waals surface area contributed by atoms with Crippen LogP contribution >= 0.6 is 0 Å². The Labute approximate surface area is 94.6 Å². The van der Waals surface area contributed by atoms with Gasteiger partial charge >= 0.3 is 5.97 Å². The van der Waals surface area contributed by atoms with E-state index < -0.39 is 11.6 Å². The fourth-order valence-electron chi connectivity index (χ4n) is 1.69. The van der Waals surface area contributed by atoms with Gasteiger partial charge in [-0.2, -0.15) is 0 Å². The standard InChI is InChI=1S/C10H18N2O4/c1-10(15,9(14)16-2)7-12-5-3-8(13)11-4-6-12/h15H,3-7H2,1-2H3,(H,11,13). The van der Waals surface area contributed by atoms with Crippen LogP contribution in [0.1, 0.15) is 13.3 Å². The first-order valence-electron chi connectivity index (χ1n) is 5.25. The molecular weight excluding hydrogens is 212 g/mol. The van der Waals surface area contributed by atoms with Gasteiger partial charge in [0.1, 0.15) is 0 Å². The van der Waals surface area contributed by atoms with Crippen LogP contribution in [0.15, 0.2) is 0 Å². The van der Waals surface area contributed by atoms with Crippen molar-refractivity contribution < 1.29 is 19.4 Å². The van der Waals surface area contributed by atoms with E-state index in [1.165, 1.54) is 14.0 Å². The van der Waals surface area contributed by atoms with E-state index in [0.717, 1.165) is 0 Å². The molecule has 1 aliphatic rings. The van der Waals surface area contributed by atoms with Crippen molar-refractivity contribution in [3.8, 4) is 0 Å². The average molecular weight is 230 g/mol. The molecule has 1 saturated heterocycles. The van der Waals surface area contributed by atoms with E-state index in [-0.39, 0.29) is 12.5 Å². The fourth-order valence-corrected chi connectivity index (χ4v) is 1.69. The van der Waals surface area contributed by atoms with Crippen molar-refractivity contribution in [2.75, 3.05) is 33.3 Å². The molecule has 0 radical (unpaired) electrons. The number of esters is 1. The molecule has 0 aromatic rings. The minimum Gasteiger partial charge on any atom is -0.467 e. The van der Waals surface area contributed by atoms with Crippen molar-refractivity contribution >= 4 is 11.9 Å².